The van der Waals surface area contributed by atoms with Crippen LogP contribution in [0, 0.1) is 0 Å². The van der Waals surface area contributed by atoms with Crippen LogP contribution in [0.25, 0.3) is 95.2 Å². The Labute approximate surface area is 305 Å². The second-order valence-corrected chi connectivity index (χ2v) is 13.3. The summed E-state index contributed by atoms with van der Waals surface area (Å²) in [7, 11) is 0. The molecule has 5 nitrogen and oxygen atoms in total. The van der Waals surface area contributed by atoms with Gasteiger partial charge < -0.3 is 8.83 Å². The van der Waals surface area contributed by atoms with E-state index in [0.717, 1.165) is 89.3 Å². The number of allylic oxidation sites excluding steroid dienone is 6. The van der Waals surface area contributed by atoms with Crippen molar-refractivity contribution in [2.75, 3.05) is 0 Å². The lowest BCUT2D eigenvalue weighted by Gasteiger charge is -2.11. The van der Waals surface area contributed by atoms with Crippen molar-refractivity contribution in [3.63, 3.8) is 0 Å². The molecule has 0 saturated carbocycles. The second-order valence-electron chi connectivity index (χ2n) is 13.3. The molecule has 0 atom stereocenters. The van der Waals surface area contributed by atoms with Crippen LogP contribution in [-0.2, 0) is 6.42 Å². The van der Waals surface area contributed by atoms with Crippen LogP contribution in [0.4, 0.5) is 0 Å². The Balaban J connectivity index is 1.17. The first-order valence-corrected chi connectivity index (χ1v) is 17.7. The topological polar surface area (TPSA) is 65.0 Å². The Bertz CT molecular complexity index is 3000. The maximum Gasteiger partial charge on any atom is 0.164 e. The number of benzene rings is 6. The summed E-state index contributed by atoms with van der Waals surface area (Å²) in [6.45, 7) is 4.17. The molecule has 3 aromatic heterocycles. The molecule has 1 aliphatic carbocycles. The molecule has 0 spiro atoms. The predicted octanol–water partition coefficient (Wildman–Crippen LogP) is 12.6. The van der Waals surface area contributed by atoms with Crippen molar-refractivity contribution in [2.45, 2.75) is 6.42 Å². The summed E-state index contributed by atoms with van der Waals surface area (Å²) < 4.78 is 12.7. The number of rotatable bonds is 4. The largest absolute Gasteiger partial charge is 0.456 e. The molecule has 10 rings (SSSR count). The molecule has 3 heterocycles. The molecule has 0 bridgehead atoms. The molecule has 0 N–H and O–H groups in total. The molecule has 0 saturated heterocycles. The van der Waals surface area contributed by atoms with Crippen molar-refractivity contribution in [1.29, 1.82) is 0 Å². The van der Waals surface area contributed by atoms with Crippen LogP contribution in [0.5, 0.6) is 0 Å². The van der Waals surface area contributed by atoms with Gasteiger partial charge in [0.1, 0.15) is 22.3 Å². The van der Waals surface area contributed by atoms with E-state index in [0.29, 0.717) is 17.5 Å². The molecule has 0 unspecified atom stereocenters. The monoisotopic (exact) mass is 681 g/mol. The van der Waals surface area contributed by atoms with E-state index in [-0.39, 0.29) is 0 Å². The normalized spacial score (nSPS) is 14.8. The van der Waals surface area contributed by atoms with E-state index in [1.807, 2.05) is 85.0 Å². The van der Waals surface area contributed by atoms with Crippen molar-refractivity contribution >= 4 is 50.0 Å². The minimum absolute atomic E-state index is 0.576. The van der Waals surface area contributed by atoms with Crippen molar-refractivity contribution in [1.82, 2.24) is 15.0 Å². The smallest absolute Gasteiger partial charge is 0.164 e. The van der Waals surface area contributed by atoms with Crippen LogP contribution >= 0.6 is 0 Å². The molecule has 250 valence electrons. The van der Waals surface area contributed by atoms with Crippen LogP contribution in [0.2, 0.25) is 0 Å². The van der Waals surface area contributed by atoms with Gasteiger partial charge in [0, 0.05) is 38.2 Å². The third kappa shape index (κ3) is 5.47. The number of furan rings is 2. The summed E-state index contributed by atoms with van der Waals surface area (Å²) in [5.41, 5.74) is 11.4. The Morgan fingerprint density at radius 2 is 1.15 bits per heavy atom. The minimum Gasteiger partial charge on any atom is -0.456 e. The maximum absolute atomic E-state index is 6.48. The Morgan fingerprint density at radius 1 is 0.472 bits per heavy atom. The Hall–Kier alpha value is -7.11. The molecule has 1 aliphatic rings. The number of fused-ring (bicyclic) bond motifs is 7. The molecule has 53 heavy (non-hydrogen) atoms. The van der Waals surface area contributed by atoms with Crippen LogP contribution < -0.4 is 0 Å². The molecule has 6 aromatic carbocycles. The van der Waals surface area contributed by atoms with Crippen LogP contribution in [0.1, 0.15) is 11.1 Å². The summed E-state index contributed by atoms with van der Waals surface area (Å²) in [6.07, 6.45) is 13.2. The summed E-state index contributed by atoms with van der Waals surface area (Å²) in [5.74, 6) is 1.78. The van der Waals surface area contributed by atoms with Gasteiger partial charge in [-0.05, 0) is 70.6 Å². The first-order chi connectivity index (χ1) is 26.2. The van der Waals surface area contributed by atoms with Crippen LogP contribution in [0.15, 0.2) is 179 Å². The van der Waals surface area contributed by atoms with Gasteiger partial charge in [-0.15, -0.1) is 0 Å². The summed E-state index contributed by atoms with van der Waals surface area (Å²) in [4.78, 5) is 15.3. The van der Waals surface area contributed by atoms with E-state index in [9.17, 15) is 0 Å². The zero-order chi connectivity index (χ0) is 35.3. The SMILES string of the molecule is C=C1/C=C\C=C/Cc2ccc(-c3nc(-c4ccccc4)nc(-c4cccc5oc6ccc(-c7cccc8oc9ccccc9c78)cc6c45)n3)cc2/C=C\1. The first-order valence-electron chi connectivity index (χ1n) is 17.7. The van der Waals surface area contributed by atoms with E-state index in [1.165, 1.54) is 5.56 Å². The highest BCUT2D eigenvalue weighted by atomic mass is 16.3. The fraction of sp³-hybridized carbons (Fsp3) is 0.0208. The van der Waals surface area contributed by atoms with Crippen LogP contribution in [-0.4, -0.2) is 15.0 Å². The molecule has 0 aliphatic heterocycles. The standard InChI is InChI=1S/C48H31N3O2/c1-30-12-4-2-5-13-31-24-25-35(28-33(31)23-22-30)47-49-46(32-14-6-3-7-15-32)50-48(51-47)38-18-11-21-43-45(38)39-29-34(26-27-41(39)53-43)36-17-10-20-42-44(36)37-16-8-9-19-40(37)52-42/h2-12,14-29H,1,13H2/b5-2-,12-4-,23-22-. The number of para-hydroxylation sites is 1. The third-order valence-corrected chi connectivity index (χ3v) is 9.89. The summed E-state index contributed by atoms with van der Waals surface area (Å²) >= 11 is 0. The van der Waals surface area contributed by atoms with E-state index < -0.39 is 0 Å². The van der Waals surface area contributed by atoms with E-state index in [1.54, 1.807) is 0 Å². The molecule has 9 aromatic rings. The van der Waals surface area contributed by atoms with E-state index in [4.69, 9.17) is 23.8 Å². The average molecular weight is 682 g/mol. The zero-order valence-corrected chi connectivity index (χ0v) is 28.7. The zero-order valence-electron chi connectivity index (χ0n) is 28.7. The number of nitrogens with zero attached hydrogens (tertiary/aromatic N) is 3. The fourth-order valence-corrected chi connectivity index (χ4v) is 7.32. The molecule has 0 radical (unpaired) electrons. The maximum atomic E-state index is 6.48. The van der Waals surface area contributed by atoms with Gasteiger partial charge >= 0.3 is 0 Å². The highest BCUT2D eigenvalue weighted by Crippen LogP contribution is 2.41. The minimum atomic E-state index is 0.576. The van der Waals surface area contributed by atoms with Gasteiger partial charge in [-0.2, -0.15) is 0 Å². The Kier molecular flexibility index (Phi) is 7.29. The third-order valence-electron chi connectivity index (χ3n) is 9.89. The molecular weight excluding hydrogens is 651 g/mol. The molecule has 0 amide bonds. The Morgan fingerprint density at radius 3 is 2.00 bits per heavy atom. The van der Waals surface area contributed by atoms with Gasteiger partial charge in [-0.1, -0.05) is 134 Å². The lowest BCUT2D eigenvalue weighted by Crippen LogP contribution is -2.01. The number of hydrogen-bond acceptors (Lipinski definition) is 5. The fourth-order valence-electron chi connectivity index (χ4n) is 7.32. The lowest BCUT2D eigenvalue weighted by atomic mass is 9.97. The molecule has 5 heteroatoms. The van der Waals surface area contributed by atoms with Gasteiger partial charge in [0.15, 0.2) is 17.5 Å². The van der Waals surface area contributed by atoms with Crippen molar-refractivity contribution in [2.24, 2.45) is 0 Å². The van der Waals surface area contributed by atoms with Crippen molar-refractivity contribution in [3.8, 4) is 45.3 Å². The van der Waals surface area contributed by atoms with Gasteiger partial charge in [0.05, 0.1) is 0 Å². The van der Waals surface area contributed by atoms with Gasteiger partial charge in [-0.3, -0.25) is 0 Å². The highest BCUT2D eigenvalue weighted by molar-refractivity contribution is 6.16. The highest BCUT2D eigenvalue weighted by Gasteiger charge is 2.20. The van der Waals surface area contributed by atoms with Crippen molar-refractivity contribution in [3.05, 3.63) is 181 Å². The van der Waals surface area contributed by atoms with E-state index in [2.05, 4.69) is 85.5 Å². The van der Waals surface area contributed by atoms with Crippen LogP contribution in [0.3, 0.4) is 0 Å². The summed E-state index contributed by atoms with van der Waals surface area (Å²) in [6, 6.07) is 43.4. The molecule has 0 fully saturated rings. The predicted molar refractivity (Wildman–Crippen MR) is 216 cm³/mol. The summed E-state index contributed by atoms with van der Waals surface area (Å²) in [5, 5.41) is 4.13. The number of aromatic nitrogens is 3. The van der Waals surface area contributed by atoms with Crippen molar-refractivity contribution < 1.29 is 8.83 Å². The molecular formula is C48H31N3O2. The van der Waals surface area contributed by atoms with Gasteiger partial charge in [0.25, 0.3) is 0 Å². The van der Waals surface area contributed by atoms with Gasteiger partial charge in [0.2, 0.25) is 0 Å². The van der Waals surface area contributed by atoms with E-state index >= 15 is 0 Å². The number of hydrogen-bond donors (Lipinski definition) is 0. The van der Waals surface area contributed by atoms with Gasteiger partial charge in [-0.25, -0.2) is 15.0 Å². The quantitative estimate of drug-likeness (QED) is 0.185. The average Bonchev–Trinajstić information content (AvgIpc) is 3.78. The second kappa shape index (κ2) is 12.6. The lowest BCUT2D eigenvalue weighted by molar-refractivity contribution is 0.669. The first kappa shape index (κ1) is 30.7.